The Kier molecular flexibility index (Phi) is 3.39. The van der Waals surface area contributed by atoms with E-state index in [4.69, 9.17) is 10.3 Å². The smallest absolute Gasteiger partial charge is 0.295 e. The first-order chi connectivity index (χ1) is 9.66. The van der Waals surface area contributed by atoms with Crippen LogP contribution in [0.3, 0.4) is 0 Å². The maximum Gasteiger partial charge on any atom is 0.295 e. The number of likely N-dealkylation sites (tertiary alicyclic amines) is 1. The van der Waals surface area contributed by atoms with Gasteiger partial charge in [-0.3, -0.25) is 9.59 Å². The van der Waals surface area contributed by atoms with Crippen LogP contribution in [0, 0.1) is 0 Å². The molecule has 1 aromatic heterocycles. The van der Waals surface area contributed by atoms with Crippen molar-refractivity contribution in [1.29, 1.82) is 0 Å². The maximum atomic E-state index is 12.3. The fourth-order valence-electron chi connectivity index (χ4n) is 2.79. The summed E-state index contributed by atoms with van der Waals surface area (Å²) in [5.41, 5.74) is 5.30. The molecule has 1 aromatic rings. The van der Waals surface area contributed by atoms with Crippen molar-refractivity contribution in [2.45, 2.75) is 37.8 Å². The van der Waals surface area contributed by atoms with Crippen molar-refractivity contribution in [3.8, 4) is 0 Å². The minimum atomic E-state index is -0.561. The summed E-state index contributed by atoms with van der Waals surface area (Å²) in [6.07, 6.45) is 3.32. The summed E-state index contributed by atoms with van der Waals surface area (Å²) in [5, 5.41) is 6.96. The molecule has 0 radical (unpaired) electrons. The molecule has 2 fully saturated rings. The topological polar surface area (TPSA) is 114 Å². The van der Waals surface area contributed by atoms with Gasteiger partial charge in [-0.2, -0.15) is 4.98 Å². The molecule has 2 saturated heterocycles. The third-order valence-corrected chi connectivity index (χ3v) is 3.83. The molecule has 2 unspecified atom stereocenters. The number of aromatic nitrogens is 2. The molecule has 8 nitrogen and oxygen atoms in total. The molecule has 0 aromatic carbocycles. The van der Waals surface area contributed by atoms with Gasteiger partial charge in [0, 0.05) is 6.54 Å². The molecule has 0 spiro atoms. The molecule has 20 heavy (non-hydrogen) atoms. The van der Waals surface area contributed by atoms with E-state index in [0.717, 1.165) is 25.8 Å². The number of nitrogens with one attached hydrogen (secondary N) is 1. The van der Waals surface area contributed by atoms with Crippen molar-refractivity contribution in [3.63, 3.8) is 0 Å². The van der Waals surface area contributed by atoms with E-state index in [-0.39, 0.29) is 17.8 Å². The zero-order valence-electron chi connectivity index (χ0n) is 11.0. The Balaban J connectivity index is 1.75. The third-order valence-electron chi connectivity index (χ3n) is 3.83. The molecular weight excluding hydrogens is 262 g/mol. The Labute approximate surface area is 115 Å². The van der Waals surface area contributed by atoms with Gasteiger partial charge in [0.05, 0.1) is 6.04 Å². The van der Waals surface area contributed by atoms with Gasteiger partial charge in [0.15, 0.2) is 0 Å². The van der Waals surface area contributed by atoms with Gasteiger partial charge in [0.1, 0.15) is 6.04 Å². The second-order valence-electron chi connectivity index (χ2n) is 5.16. The van der Waals surface area contributed by atoms with Crippen LogP contribution in [0.4, 0.5) is 0 Å². The van der Waals surface area contributed by atoms with Gasteiger partial charge >= 0.3 is 0 Å². The zero-order valence-corrected chi connectivity index (χ0v) is 11.0. The van der Waals surface area contributed by atoms with Gasteiger partial charge in [-0.1, -0.05) is 5.16 Å². The highest BCUT2D eigenvalue weighted by atomic mass is 16.5. The van der Waals surface area contributed by atoms with E-state index < -0.39 is 11.9 Å². The number of hydrogen-bond acceptors (Lipinski definition) is 6. The second-order valence-corrected chi connectivity index (χ2v) is 5.16. The first-order valence-electron chi connectivity index (χ1n) is 6.84. The normalized spacial score (nSPS) is 26.1. The summed E-state index contributed by atoms with van der Waals surface area (Å²) in [5.74, 6) is -0.446. The first kappa shape index (κ1) is 13.0. The molecule has 3 heterocycles. The number of carbonyl (C=O) groups excluding carboxylic acids is 2. The highest BCUT2D eigenvalue weighted by Gasteiger charge is 2.35. The van der Waals surface area contributed by atoms with Crippen molar-refractivity contribution in [3.05, 3.63) is 11.7 Å². The molecule has 0 aliphatic carbocycles. The van der Waals surface area contributed by atoms with Crippen LogP contribution in [-0.4, -0.2) is 46.0 Å². The summed E-state index contributed by atoms with van der Waals surface area (Å²) in [4.78, 5) is 29.2. The zero-order chi connectivity index (χ0) is 14.1. The Morgan fingerprint density at radius 3 is 2.90 bits per heavy atom. The van der Waals surface area contributed by atoms with Crippen LogP contribution in [0.1, 0.15) is 48.2 Å². The standard InChI is InChI=1S/C12H17N5O3/c13-9(18)8-4-2-6-17(8)12(19)10-15-11(20-16-10)7-3-1-5-14-7/h7-8,14H,1-6H2,(H2,13,18). The van der Waals surface area contributed by atoms with Crippen LogP contribution in [0.15, 0.2) is 4.52 Å². The van der Waals surface area contributed by atoms with Gasteiger partial charge in [-0.15, -0.1) is 0 Å². The van der Waals surface area contributed by atoms with Crippen LogP contribution >= 0.6 is 0 Å². The molecule has 2 aliphatic heterocycles. The molecule has 2 amide bonds. The highest BCUT2D eigenvalue weighted by Crippen LogP contribution is 2.23. The molecule has 2 aliphatic rings. The minimum Gasteiger partial charge on any atom is -0.368 e. The van der Waals surface area contributed by atoms with Gasteiger partial charge in [-0.25, -0.2) is 0 Å². The van der Waals surface area contributed by atoms with Crippen LogP contribution in [0.5, 0.6) is 0 Å². The average Bonchev–Trinajstić information content (AvgIpc) is 3.17. The van der Waals surface area contributed by atoms with Crippen LogP contribution in [0.25, 0.3) is 0 Å². The molecule has 0 saturated carbocycles. The summed E-state index contributed by atoms with van der Waals surface area (Å²) in [7, 11) is 0. The average molecular weight is 279 g/mol. The van der Waals surface area contributed by atoms with E-state index in [0.29, 0.717) is 18.9 Å². The van der Waals surface area contributed by atoms with E-state index in [1.165, 1.54) is 4.90 Å². The predicted octanol–water partition coefficient (Wildman–Crippen LogP) is -0.416. The second kappa shape index (κ2) is 5.20. The minimum absolute atomic E-state index is 0.00171. The van der Waals surface area contributed by atoms with Crippen LogP contribution in [0.2, 0.25) is 0 Å². The van der Waals surface area contributed by atoms with Gasteiger partial charge in [0.25, 0.3) is 11.7 Å². The van der Waals surface area contributed by atoms with Gasteiger partial charge < -0.3 is 20.5 Å². The lowest BCUT2D eigenvalue weighted by Gasteiger charge is -2.20. The summed E-state index contributed by atoms with van der Waals surface area (Å²) >= 11 is 0. The summed E-state index contributed by atoms with van der Waals surface area (Å²) < 4.78 is 5.14. The molecule has 3 N–H and O–H groups in total. The van der Waals surface area contributed by atoms with Gasteiger partial charge in [-0.05, 0) is 32.2 Å². The largest absolute Gasteiger partial charge is 0.368 e. The third kappa shape index (κ3) is 2.26. The molecule has 0 bridgehead atoms. The Bertz CT molecular complexity index is 523. The summed E-state index contributed by atoms with van der Waals surface area (Å²) in [6, 6.07) is -0.538. The highest BCUT2D eigenvalue weighted by molar-refractivity contribution is 5.94. The maximum absolute atomic E-state index is 12.3. The number of primary amides is 1. The van der Waals surface area contributed by atoms with E-state index in [9.17, 15) is 9.59 Å². The number of hydrogen-bond donors (Lipinski definition) is 2. The van der Waals surface area contributed by atoms with E-state index >= 15 is 0 Å². The SMILES string of the molecule is NC(=O)C1CCCN1C(=O)c1noc(C2CCCN2)n1. The fourth-order valence-corrected chi connectivity index (χ4v) is 2.79. The fraction of sp³-hybridized carbons (Fsp3) is 0.667. The number of rotatable bonds is 3. The summed E-state index contributed by atoms with van der Waals surface area (Å²) in [6.45, 7) is 1.41. The first-order valence-corrected chi connectivity index (χ1v) is 6.84. The predicted molar refractivity (Wildman–Crippen MR) is 67.5 cm³/mol. The Hall–Kier alpha value is -1.96. The number of carbonyl (C=O) groups is 2. The van der Waals surface area contributed by atoms with Crippen molar-refractivity contribution in [1.82, 2.24) is 20.4 Å². The van der Waals surface area contributed by atoms with E-state index in [1.807, 2.05) is 0 Å². The Morgan fingerprint density at radius 2 is 2.20 bits per heavy atom. The van der Waals surface area contributed by atoms with Crippen molar-refractivity contribution in [2.75, 3.05) is 13.1 Å². The number of amides is 2. The Morgan fingerprint density at radius 1 is 1.35 bits per heavy atom. The van der Waals surface area contributed by atoms with Crippen LogP contribution < -0.4 is 11.1 Å². The van der Waals surface area contributed by atoms with Crippen molar-refractivity contribution >= 4 is 11.8 Å². The van der Waals surface area contributed by atoms with E-state index in [2.05, 4.69) is 15.5 Å². The van der Waals surface area contributed by atoms with Gasteiger partial charge in [0.2, 0.25) is 11.8 Å². The molecule has 3 rings (SSSR count). The van der Waals surface area contributed by atoms with Crippen molar-refractivity contribution < 1.29 is 14.1 Å². The number of nitrogens with two attached hydrogens (primary N) is 1. The number of nitrogens with zero attached hydrogens (tertiary/aromatic N) is 3. The molecular formula is C12H17N5O3. The molecule has 8 heteroatoms. The quantitative estimate of drug-likeness (QED) is 0.777. The van der Waals surface area contributed by atoms with Crippen molar-refractivity contribution in [2.24, 2.45) is 5.73 Å². The monoisotopic (exact) mass is 279 g/mol. The lowest BCUT2D eigenvalue weighted by atomic mass is 10.2. The lowest BCUT2D eigenvalue weighted by molar-refractivity contribution is -0.121. The lowest BCUT2D eigenvalue weighted by Crippen LogP contribution is -2.44. The molecule has 108 valence electrons. The van der Waals surface area contributed by atoms with Crippen LogP contribution in [-0.2, 0) is 4.79 Å². The molecule has 2 atom stereocenters. The van der Waals surface area contributed by atoms with E-state index in [1.54, 1.807) is 0 Å².